The van der Waals surface area contributed by atoms with Crippen molar-refractivity contribution in [2.75, 3.05) is 12.4 Å². The number of nitrogens with one attached hydrogen (secondary N) is 1. The van der Waals surface area contributed by atoms with Crippen molar-refractivity contribution in [1.82, 2.24) is 4.72 Å². The Balaban J connectivity index is 2.41. The van der Waals surface area contributed by atoms with Crippen molar-refractivity contribution in [3.63, 3.8) is 0 Å². The zero-order chi connectivity index (χ0) is 15.9. The van der Waals surface area contributed by atoms with Crippen LogP contribution in [-0.4, -0.2) is 37.9 Å². The third-order valence-electron chi connectivity index (χ3n) is 2.85. The van der Waals surface area contributed by atoms with Gasteiger partial charge < -0.3 is 9.84 Å². The Kier molecular flexibility index (Phi) is 6.80. The first-order chi connectivity index (χ1) is 9.82. The van der Waals surface area contributed by atoms with Crippen LogP contribution in [0.1, 0.15) is 19.4 Å². The largest absolute Gasteiger partial charge is 0.480 e. The summed E-state index contributed by atoms with van der Waals surface area (Å²) in [5, 5.41) is 8.97. The van der Waals surface area contributed by atoms with Crippen molar-refractivity contribution in [2.24, 2.45) is 5.92 Å². The zero-order valence-corrected chi connectivity index (χ0v) is 13.0. The molecule has 0 saturated heterocycles. The molecule has 0 fully saturated rings. The second kappa shape index (κ2) is 8.11. The molecule has 7 heteroatoms. The van der Waals surface area contributed by atoms with Crippen LogP contribution in [0.3, 0.4) is 0 Å². The summed E-state index contributed by atoms with van der Waals surface area (Å²) in [6, 6.07) is 8.27. The lowest BCUT2D eigenvalue weighted by Crippen LogP contribution is -2.45. The standard InChI is InChI=1S/C14H21NO5S/c1-11(2)13(14(16)17)15-21(18,19)9-8-20-10-12-6-4-3-5-7-12/h3-7,11,13,15H,8-10H2,1-2H3,(H,16,17)/t13-/m0/s1. The Labute approximate surface area is 125 Å². The quantitative estimate of drug-likeness (QED) is 0.669. The first kappa shape index (κ1) is 17.6. The fourth-order valence-corrected chi connectivity index (χ4v) is 2.87. The molecular formula is C14H21NO5S. The molecule has 0 aliphatic rings. The molecule has 1 rings (SSSR count). The van der Waals surface area contributed by atoms with Crippen molar-refractivity contribution < 1.29 is 23.1 Å². The second-order valence-electron chi connectivity index (χ2n) is 5.03. The number of carbonyl (C=O) groups is 1. The molecule has 0 aromatic heterocycles. The Morgan fingerprint density at radius 3 is 2.43 bits per heavy atom. The van der Waals surface area contributed by atoms with E-state index in [9.17, 15) is 13.2 Å². The molecule has 0 heterocycles. The van der Waals surface area contributed by atoms with E-state index >= 15 is 0 Å². The lowest BCUT2D eigenvalue weighted by atomic mass is 10.1. The van der Waals surface area contributed by atoms with Gasteiger partial charge in [0.25, 0.3) is 0 Å². The average Bonchev–Trinajstić information content (AvgIpc) is 2.42. The second-order valence-corrected chi connectivity index (χ2v) is 6.91. The number of rotatable bonds is 9. The minimum Gasteiger partial charge on any atom is -0.480 e. The van der Waals surface area contributed by atoms with Crippen LogP contribution >= 0.6 is 0 Å². The fourth-order valence-electron chi connectivity index (χ4n) is 1.66. The molecule has 0 bridgehead atoms. The third-order valence-corrected chi connectivity index (χ3v) is 4.16. The average molecular weight is 315 g/mol. The molecule has 0 aliphatic carbocycles. The van der Waals surface area contributed by atoms with E-state index in [1.807, 2.05) is 30.3 Å². The number of aliphatic carboxylic acids is 1. The van der Waals surface area contributed by atoms with Gasteiger partial charge in [-0.2, -0.15) is 0 Å². The molecule has 1 aromatic rings. The topological polar surface area (TPSA) is 92.7 Å². The summed E-state index contributed by atoms with van der Waals surface area (Å²) >= 11 is 0. The number of ether oxygens (including phenoxy) is 1. The van der Waals surface area contributed by atoms with E-state index < -0.39 is 22.0 Å². The van der Waals surface area contributed by atoms with E-state index in [0.29, 0.717) is 6.61 Å². The highest BCUT2D eigenvalue weighted by atomic mass is 32.2. The predicted octanol–water partition coefficient (Wildman–Crippen LogP) is 1.23. The van der Waals surface area contributed by atoms with Crippen LogP contribution in [0.2, 0.25) is 0 Å². The van der Waals surface area contributed by atoms with Gasteiger partial charge >= 0.3 is 5.97 Å². The van der Waals surface area contributed by atoms with Crippen LogP contribution in [0, 0.1) is 5.92 Å². The van der Waals surface area contributed by atoms with Crippen LogP contribution in [0.4, 0.5) is 0 Å². The van der Waals surface area contributed by atoms with Crippen LogP contribution in [0.25, 0.3) is 0 Å². The number of carboxylic acid groups (broad SMARTS) is 1. The molecule has 2 N–H and O–H groups in total. The lowest BCUT2D eigenvalue weighted by molar-refractivity contribution is -0.140. The van der Waals surface area contributed by atoms with Gasteiger partial charge in [0.1, 0.15) is 6.04 Å². The number of carboxylic acids is 1. The lowest BCUT2D eigenvalue weighted by Gasteiger charge is -2.17. The highest BCUT2D eigenvalue weighted by Crippen LogP contribution is 2.05. The van der Waals surface area contributed by atoms with Crippen molar-refractivity contribution in [3.8, 4) is 0 Å². The van der Waals surface area contributed by atoms with Crippen molar-refractivity contribution in [2.45, 2.75) is 26.5 Å². The van der Waals surface area contributed by atoms with Crippen LogP contribution in [0.15, 0.2) is 30.3 Å². The maximum absolute atomic E-state index is 11.8. The van der Waals surface area contributed by atoms with E-state index in [1.54, 1.807) is 13.8 Å². The molecule has 0 aliphatic heterocycles. The smallest absolute Gasteiger partial charge is 0.321 e. The summed E-state index contributed by atoms with van der Waals surface area (Å²) in [4.78, 5) is 11.0. The van der Waals surface area contributed by atoms with Gasteiger partial charge in [0.2, 0.25) is 10.0 Å². The number of hydrogen-bond donors (Lipinski definition) is 2. The van der Waals surface area contributed by atoms with E-state index in [4.69, 9.17) is 9.84 Å². The van der Waals surface area contributed by atoms with E-state index in [2.05, 4.69) is 4.72 Å². The molecule has 1 atom stereocenters. The van der Waals surface area contributed by atoms with Gasteiger partial charge in [0.05, 0.1) is 19.0 Å². The van der Waals surface area contributed by atoms with Gasteiger partial charge in [-0.15, -0.1) is 0 Å². The van der Waals surface area contributed by atoms with E-state index in [-0.39, 0.29) is 18.3 Å². The predicted molar refractivity (Wildman–Crippen MR) is 79.3 cm³/mol. The minimum atomic E-state index is -3.68. The first-order valence-corrected chi connectivity index (χ1v) is 8.31. The minimum absolute atomic E-state index is 0.00859. The Hall–Kier alpha value is -1.44. The summed E-state index contributed by atoms with van der Waals surface area (Å²) in [5.41, 5.74) is 0.952. The molecule has 1 aromatic carbocycles. The SMILES string of the molecule is CC(C)[C@H](NS(=O)(=O)CCOCc1ccccc1)C(=O)O. The van der Waals surface area contributed by atoms with Crippen molar-refractivity contribution >= 4 is 16.0 Å². The molecule has 21 heavy (non-hydrogen) atoms. The number of hydrogen-bond acceptors (Lipinski definition) is 4. The zero-order valence-electron chi connectivity index (χ0n) is 12.2. The molecular weight excluding hydrogens is 294 g/mol. The summed E-state index contributed by atoms with van der Waals surface area (Å²) in [5.74, 6) is -1.78. The van der Waals surface area contributed by atoms with E-state index in [0.717, 1.165) is 5.56 Å². The molecule has 0 radical (unpaired) electrons. The Morgan fingerprint density at radius 2 is 1.90 bits per heavy atom. The number of benzene rings is 1. The highest BCUT2D eigenvalue weighted by molar-refractivity contribution is 7.89. The molecule has 0 spiro atoms. The van der Waals surface area contributed by atoms with Gasteiger partial charge in [0, 0.05) is 0 Å². The maximum atomic E-state index is 11.8. The molecule has 0 amide bonds. The Bertz CT molecular complexity index is 542. The van der Waals surface area contributed by atoms with Gasteiger partial charge in [-0.05, 0) is 11.5 Å². The van der Waals surface area contributed by atoms with Crippen LogP contribution < -0.4 is 4.72 Å². The van der Waals surface area contributed by atoms with Crippen LogP contribution in [-0.2, 0) is 26.2 Å². The maximum Gasteiger partial charge on any atom is 0.321 e. The number of sulfonamides is 1. The highest BCUT2D eigenvalue weighted by Gasteiger charge is 2.26. The summed E-state index contributed by atoms with van der Waals surface area (Å²) < 4.78 is 31.1. The normalized spacial score (nSPS) is 13.3. The monoisotopic (exact) mass is 315 g/mol. The Morgan fingerprint density at radius 1 is 1.29 bits per heavy atom. The summed E-state index contributed by atoms with van der Waals surface area (Å²) in [7, 11) is -3.68. The summed E-state index contributed by atoms with van der Waals surface area (Å²) in [6.07, 6.45) is 0. The van der Waals surface area contributed by atoms with Gasteiger partial charge in [-0.1, -0.05) is 44.2 Å². The van der Waals surface area contributed by atoms with Gasteiger partial charge in [-0.25, -0.2) is 13.1 Å². The van der Waals surface area contributed by atoms with Crippen molar-refractivity contribution in [1.29, 1.82) is 0 Å². The molecule has 0 saturated carbocycles. The van der Waals surface area contributed by atoms with Gasteiger partial charge in [0.15, 0.2) is 0 Å². The van der Waals surface area contributed by atoms with Gasteiger partial charge in [-0.3, -0.25) is 4.79 Å². The first-order valence-electron chi connectivity index (χ1n) is 6.66. The fraction of sp³-hybridized carbons (Fsp3) is 0.500. The molecule has 0 unspecified atom stereocenters. The summed E-state index contributed by atoms with van der Waals surface area (Å²) in [6.45, 7) is 3.62. The third kappa shape index (κ3) is 6.70. The van der Waals surface area contributed by atoms with E-state index in [1.165, 1.54) is 0 Å². The molecule has 118 valence electrons. The van der Waals surface area contributed by atoms with Crippen LogP contribution in [0.5, 0.6) is 0 Å². The molecule has 6 nitrogen and oxygen atoms in total. The van der Waals surface area contributed by atoms with Crippen molar-refractivity contribution in [3.05, 3.63) is 35.9 Å².